The molecule has 0 aliphatic rings. The summed E-state index contributed by atoms with van der Waals surface area (Å²) in [7, 11) is -3.70. The van der Waals surface area contributed by atoms with Gasteiger partial charge in [0, 0.05) is 5.92 Å². The fraction of sp³-hybridized carbons (Fsp3) is 0.250. The van der Waals surface area contributed by atoms with E-state index in [0.717, 1.165) is 6.39 Å². The lowest BCUT2D eigenvalue weighted by molar-refractivity contribution is 0.472. The molecule has 0 fully saturated rings. The number of hydrogen-bond acceptors (Lipinski definition) is 5. The number of benzene rings is 1. The van der Waals surface area contributed by atoms with Crippen molar-refractivity contribution in [1.29, 1.82) is 0 Å². The van der Waals surface area contributed by atoms with Crippen molar-refractivity contribution in [2.75, 3.05) is 0 Å². The molecule has 0 unspecified atom stereocenters. The van der Waals surface area contributed by atoms with Gasteiger partial charge in [-0.05, 0) is 24.3 Å². The van der Waals surface area contributed by atoms with E-state index < -0.39 is 9.84 Å². The predicted octanol–water partition coefficient (Wildman–Crippen LogP) is 2.34. The highest BCUT2D eigenvalue weighted by Crippen LogP contribution is 2.28. The van der Waals surface area contributed by atoms with E-state index >= 15 is 0 Å². The standard InChI is InChI=1S/C12H13NO4S/c1-8(2)11-12(13-7-17-11)18(15,16)10-5-3-9(14)4-6-10/h3-8,14H,1-2H3. The average Bonchev–Trinajstić information content (AvgIpc) is 2.79. The highest BCUT2D eigenvalue weighted by molar-refractivity contribution is 7.91. The second kappa shape index (κ2) is 4.45. The number of sulfone groups is 1. The number of phenols is 1. The molecule has 0 bridgehead atoms. The Morgan fingerprint density at radius 2 is 1.83 bits per heavy atom. The van der Waals surface area contributed by atoms with Crippen LogP contribution in [0.2, 0.25) is 0 Å². The van der Waals surface area contributed by atoms with Crippen LogP contribution >= 0.6 is 0 Å². The molecule has 0 aliphatic carbocycles. The van der Waals surface area contributed by atoms with E-state index in [1.807, 2.05) is 13.8 Å². The molecule has 5 nitrogen and oxygen atoms in total. The molecule has 6 heteroatoms. The SMILES string of the molecule is CC(C)c1ocnc1S(=O)(=O)c1ccc(O)cc1. The van der Waals surface area contributed by atoms with Gasteiger partial charge >= 0.3 is 0 Å². The van der Waals surface area contributed by atoms with Crippen LogP contribution in [-0.4, -0.2) is 18.5 Å². The van der Waals surface area contributed by atoms with E-state index in [1.54, 1.807) is 0 Å². The highest BCUT2D eigenvalue weighted by atomic mass is 32.2. The Balaban J connectivity index is 2.55. The van der Waals surface area contributed by atoms with Gasteiger partial charge in [-0.1, -0.05) is 13.8 Å². The number of hydrogen-bond donors (Lipinski definition) is 1. The van der Waals surface area contributed by atoms with Crippen molar-refractivity contribution >= 4 is 9.84 Å². The van der Waals surface area contributed by atoms with E-state index in [9.17, 15) is 8.42 Å². The summed E-state index contributed by atoms with van der Waals surface area (Å²) >= 11 is 0. The van der Waals surface area contributed by atoms with Crippen LogP contribution in [-0.2, 0) is 9.84 Å². The lowest BCUT2D eigenvalue weighted by atomic mass is 10.2. The Bertz CT molecular complexity index is 641. The van der Waals surface area contributed by atoms with Crippen LogP contribution in [0, 0.1) is 0 Å². The molecule has 0 aliphatic heterocycles. The molecule has 0 spiro atoms. The molecular formula is C12H13NO4S. The summed E-state index contributed by atoms with van der Waals surface area (Å²) in [5, 5.41) is 9.10. The van der Waals surface area contributed by atoms with E-state index in [4.69, 9.17) is 9.52 Å². The quantitative estimate of drug-likeness (QED) is 0.923. The van der Waals surface area contributed by atoms with Gasteiger partial charge in [-0.25, -0.2) is 13.4 Å². The molecule has 1 N–H and O–H groups in total. The smallest absolute Gasteiger partial charge is 0.227 e. The van der Waals surface area contributed by atoms with Gasteiger partial charge in [-0.3, -0.25) is 0 Å². The summed E-state index contributed by atoms with van der Waals surface area (Å²) in [6, 6.07) is 5.32. The Morgan fingerprint density at radius 3 is 2.39 bits per heavy atom. The molecule has 0 radical (unpaired) electrons. The summed E-state index contributed by atoms with van der Waals surface area (Å²) in [5.41, 5.74) is 0. The van der Waals surface area contributed by atoms with Gasteiger partial charge in [-0.2, -0.15) is 0 Å². The Labute approximate surface area is 105 Å². The number of nitrogens with zero attached hydrogens (tertiary/aromatic N) is 1. The molecule has 2 rings (SSSR count). The number of phenolic OH excluding ortho intramolecular Hbond substituents is 1. The zero-order valence-electron chi connectivity index (χ0n) is 9.99. The molecular weight excluding hydrogens is 254 g/mol. The van der Waals surface area contributed by atoms with E-state index in [-0.39, 0.29) is 21.6 Å². The zero-order valence-corrected chi connectivity index (χ0v) is 10.8. The molecule has 18 heavy (non-hydrogen) atoms. The van der Waals surface area contributed by atoms with Crippen LogP contribution in [0.25, 0.3) is 0 Å². The van der Waals surface area contributed by atoms with Crippen LogP contribution in [0.15, 0.2) is 45.0 Å². The van der Waals surface area contributed by atoms with Crippen LogP contribution in [0.3, 0.4) is 0 Å². The molecule has 96 valence electrons. The highest BCUT2D eigenvalue weighted by Gasteiger charge is 2.26. The molecule has 1 heterocycles. The van der Waals surface area contributed by atoms with Crippen LogP contribution in [0.1, 0.15) is 25.5 Å². The van der Waals surface area contributed by atoms with Gasteiger partial charge in [-0.15, -0.1) is 0 Å². The molecule has 1 aromatic carbocycles. The fourth-order valence-electron chi connectivity index (χ4n) is 1.57. The van der Waals surface area contributed by atoms with Crippen molar-refractivity contribution in [2.24, 2.45) is 0 Å². The summed E-state index contributed by atoms with van der Waals surface area (Å²) < 4.78 is 29.8. The lowest BCUT2D eigenvalue weighted by Gasteiger charge is -2.05. The maximum absolute atomic E-state index is 12.3. The first-order chi connectivity index (χ1) is 8.43. The van der Waals surface area contributed by atoms with E-state index in [0.29, 0.717) is 5.76 Å². The fourth-order valence-corrected chi connectivity index (χ4v) is 3.01. The number of aromatic nitrogens is 1. The predicted molar refractivity (Wildman–Crippen MR) is 64.2 cm³/mol. The number of oxazole rings is 1. The van der Waals surface area contributed by atoms with Crippen molar-refractivity contribution in [3.63, 3.8) is 0 Å². The van der Waals surface area contributed by atoms with Crippen LogP contribution in [0.4, 0.5) is 0 Å². The molecule has 0 amide bonds. The topological polar surface area (TPSA) is 80.4 Å². The number of aromatic hydroxyl groups is 1. The zero-order chi connectivity index (χ0) is 13.3. The van der Waals surface area contributed by atoms with Crippen LogP contribution in [0.5, 0.6) is 5.75 Å². The molecule has 1 aromatic heterocycles. The summed E-state index contributed by atoms with van der Waals surface area (Å²) in [5.74, 6) is 0.274. The third-order valence-corrected chi connectivity index (χ3v) is 4.19. The van der Waals surface area contributed by atoms with Gasteiger partial charge in [0.2, 0.25) is 14.9 Å². The number of rotatable bonds is 3. The van der Waals surface area contributed by atoms with Crippen molar-refractivity contribution in [3.05, 3.63) is 36.4 Å². The normalized spacial score (nSPS) is 11.9. The first-order valence-corrected chi connectivity index (χ1v) is 6.88. The summed E-state index contributed by atoms with van der Waals surface area (Å²) in [6.07, 6.45) is 1.13. The third kappa shape index (κ3) is 2.11. The molecule has 0 atom stereocenters. The Morgan fingerprint density at radius 1 is 1.22 bits per heavy atom. The molecule has 0 saturated heterocycles. The van der Waals surface area contributed by atoms with Gasteiger partial charge < -0.3 is 9.52 Å². The van der Waals surface area contributed by atoms with Gasteiger partial charge in [0.1, 0.15) is 11.5 Å². The monoisotopic (exact) mass is 267 g/mol. The van der Waals surface area contributed by atoms with Crippen LogP contribution < -0.4 is 0 Å². The summed E-state index contributed by atoms with van der Waals surface area (Å²) in [4.78, 5) is 3.87. The minimum atomic E-state index is -3.70. The largest absolute Gasteiger partial charge is 0.508 e. The molecule has 0 saturated carbocycles. The molecule has 2 aromatic rings. The van der Waals surface area contributed by atoms with Gasteiger partial charge in [0.25, 0.3) is 0 Å². The van der Waals surface area contributed by atoms with Gasteiger partial charge in [0.15, 0.2) is 6.39 Å². The maximum Gasteiger partial charge on any atom is 0.227 e. The van der Waals surface area contributed by atoms with E-state index in [2.05, 4.69) is 4.98 Å². The second-order valence-electron chi connectivity index (χ2n) is 4.17. The van der Waals surface area contributed by atoms with Crippen molar-refractivity contribution < 1.29 is 17.9 Å². The Kier molecular flexibility index (Phi) is 3.13. The first kappa shape index (κ1) is 12.6. The minimum Gasteiger partial charge on any atom is -0.508 e. The Hall–Kier alpha value is -1.82. The first-order valence-electron chi connectivity index (χ1n) is 5.40. The summed E-state index contributed by atoms with van der Waals surface area (Å²) in [6.45, 7) is 3.66. The van der Waals surface area contributed by atoms with Crippen molar-refractivity contribution in [3.8, 4) is 5.75 Å². The minimum absolute atomic E-state index is 0.0122. The second-order valence-corrected chi connectivity index (χ2v) is 6.04. The maximum atomic E-state index is 12.3. The van der Waals surface area contributed by atoms with Crippen molar-refractivity contribution in [2.45, 2.75) is 29.7 Å². The third-order valence-electron chi connectivity index (χ3n) is 2.49. The average molecular weight is 267 g/mol. The van der Waals surface area contributed by atoms with E-state index in [1.165, 1.54) is 24.3 Å². The van der Waals surface area contributed by atoms with Gasteiger partial charge in [0.05, 0.1) is 4.90 Å². The lowest BCUT2D eigenvalue weighted by Crippen LogP contribution is -2.06. The van der Waals surface area contributed by atoms with Crippen molar-refractivity contribution in [1.82, 2.24) is 4.98 Å².